The molecule has 47 heavy (non-hydrogen) atoms. The van der Waals surface area contributed by atoms with Crippen molar-refractivity contribution in [1.82, 2.24) is 19.5 Å². The minimum absolute atomic E-state index is 0.0332. The third kappa shape index (κ3) is 3.53. The monoisotopic (exact) mass is 623 g/mol. The van der Waals surface area contributed by atoms with Crippen LogP contribution in [0.3, 0.4) is 0 Å². The van der Waals surface area contributed by atoms with Crippen molar-refractivity contribution in [2.24, 2.45) is 0 Å². The normalized spacial score (nSPS) is 24.3. The Morgan fingerprint density at radius 3 is 2.19 bits per heavy atom. The minimum atomic E-state index is -0.908. The first-order chi connectivity index (χ1) is 28.0. The van der Waals surface area contributed by atoms with Gasteiger partial charge in [0.2, 0.25) is 11.9 Å². The molecule has 8 aromatic rings. The minimum Gasteiger partial charge on any atom is -0.455 e. The van der Waals surface area contributed by atoms with Gasteiger partial charge < -0.3 is 9.32 Å². The molecule has 0 bridgehead atoms. The van der Waals surface area contributed by atoms with Crippen molar-refractivity contribution >= 4 is 55.4 Å². The van der Waals surface area contributed by atoms with E-state index in [4.69, 9.17) is 33.1 Å². The van der Waals surface area contributed by atoms with Gasteiger partial charge in [0.15, 0.2) is 5.82 Å². The van der Waals surface area contributed by atoms with Gasteiger partial charge in [-0.1, -0.05) is 104 Å². The zero-order chi connectivity index (χ0) is 41.8. The molecule has 10 rings (SSSR count). The third-order valence-corrected chi connectivity index (χ3v) is 10.4. The first kappa shape index (κ1) is 17.4. The molecule has 2 atom stereocenters. The topological polar surface area (TPSA) is 60.0 Å². The molecule has 0 amide bonds. The highest BCUT2D eigenvalue weighted by molar-refractivity contribution is 6.10. The van der Waals surface area contributed by atoms with Crippen molar-refractivity contribution in [3.8, 4) is 17.3 Å². The number of hydrogen-bond donors (Lipinski definition) is 0. The van der Waals surface area contributed by atoms with Gasteiger partial charge in [-0.2, -0.15) is 15.0 Å². The molecule has 6 heteroatoms. The molecular weight excluding hydrogens is 578 g/mol. The summed E-state index contributed by atoms with van der Waals surface area (Å²) >= 11 is 0. The van der Waals surface area contributed by atoms with Crippen LogP contribution in [0.2, 0.25) is 0 Å². The van der Waals surface area contributed by atoms with Crippen molar-refractivity contribution < 1.29 is 20.9 Å². The van der Waals surface area contributed by atoms with Crippen molar-refractivity contribution in [1.29, 1.82) is 0 Å². The summed E-state index contributed by atoms with van der Waals surface area (Å²) in [6.45, 7) is 4.00. The number of benzene rings is 5. The van der Waals surface area contributed by atoms with E-state index >= 15 is 0 Å². The summed E-state index contributed by atoms with van der Waals surface area (Å²) in [5.74, 6) is -0.237. The highest BCUT2D eigenvalue weighted by Gasteiger charge is 2.58. The average molecular weight is 624 g/mol. The number of anilines is 2. The molecule has 0 N–H and O–H groups in total. The van der Waals surface area contributed by atoms with Gasteiger partial charge >= 0.3 is 0 Å². The average Bonchev–Trinajstić information content (AvgIpc) is 3.86. The number of fused-ring (bicyclic) bond motifs is 9. The van der Waals surface area contributed by atoms with E-state index in [-0.39, 0.29) is 63.3 Å². The summed E-state index contributed by atoms with van der Waals surface area (Å²) < 4.78 is 114. The van der Waals surface area contributed by atoms with Crippen LogP contribution < -0.4 is 4.90 Å². The molecule has 0 saturated heterocycles. The lowest BCUT2D eigenvalue weighted by molar-refractivity contribution is 0.193. The number of aromatic nitrogens is 4. The summed E-state index contributed by atoms with van der Waals surface area (Å²) in [5.41, 5.74) is 0.0316. The summed E-state index contributed by atoms with van der Waals surface area (Å²) in [6.07, 6.45) is 2.76. The lowest BCUT2D eigenvalue weighted by atomic mass is 9.61. The fourth-order valence-electron chi connectivity index (χ4n) is 7.90. The zero-order valence-electron chi connectivity index (χ0n) is 37.5. The second-order valence-electron chi connectivity index (χ2n) is 12.7. The quantitative estimate of drug-likeness (QED) is 0.196. The van der Waals surface area contributed by atoms with Crippen molar-refractivity contribution in [3.63, 3.8) is 0 Å². The third-order valence-electron chi connectivity index (χ3n) is 10.4. The first-order valence-electron chi connectivity index (χ1n) is 21.6. The van der Waals surface area contributed by atoms with Crippen molar-refractivity contribution in [2.75, 3.05) is 4.90 Å². The fraction of sp³-hybridized carbons (Fsp3) is 0.195. The molecule has 1 fully saturated rings. The second kappa shape index (κ2) is 9.52. The Morgan fingerprint density at radius 2 is 1.36 bits per heavy atom. The maximum absolute atomic E-state index is 9.31. The van der Waals surface area contributed by atoms with Gasteiger partial charge in [-0.25, -0.2) is 0 Å². The number of hydrogen-bond acceptors (Lipinski definition) is 5. The molecule has 0 radical (unpaired) electrons. The summed E-state index contributed by atoms with van der Waals surface area (Å²) in [6, 6.07) is 7.32. The van der Waals surface area contributed by atoms with Crippen molar-refractivity contribution in [3.05, 3.63) is 121 Å². The number of furan rings is 1. The van der Waals surface area contributed by atoms with Crippen LogP contribution >= 0.6 is 0 Å². The van der Waals surface area contributed by atoms with E-state index in [1.807, 2.05) is 50.2 Å². The van der Waals surface area contributed by atoms with E-state index in [0.717, 1.165) is 23.6 Å². The molecule has 2 unspecified atom stereocenters. The van der Waals surface area contributed by atoms with Gasteiger partial charge in [-0.15, -0.1) is 0 Å². The Labute approximate surface area is 289 Å². The van der Waals surface area contributed by atoms with Crippen LogP contribution in [0.1, 0.15) is 61.5 Å². The highest BCUT2D eigenvalue weighted by atomic mass is 16.3. The number of para-hydroxylation sites is 5. The van der Waals surface area contributed by atoms with E-state index < -0.39 is 65.3 Å². The molecule has 1 aliphatic carbocycles. The Morgan fingerprint density at radius 1 is 0.681 bits per heavy atom. The predicted molar refractivity (Wildman–Crippen MR) is 190 cm³/mol. The molecule has 6 nitrogen and oxygen atoms in total. The molecule has 4 heterocycles. The summed E-state index contributed by atoms with van der Waals surface area (Å²) in [4.78, 5) is 16.8. The molecule has 3 aromatic heterocycles. The van der Waals surface area contributed by atoms with Crippen LogP contribution in [-0.4, -0.2) is 25.1 Å². The maximum atomic E-state index is 9.31. The largest absolute Gasteiger partial charge is 0.455 e. The number of rotatable bonds is 3. The predicted octanol–water partition coefficient (Wildman–Crippen LogP) is 10.3. The summed E-state index contributed by atoms with van der Waals surface area (Å²) in [7, 11) is 0. The molecule has 1 saturated carbocycles. The van der Waals surface area contributed by atoms with Crippen LogP contribution in [-0.2, 0) is 5.41 Å². The molecule has 1 aliphatic heterocycles. The lowest BCUT2D eigenvalue weighted by Gasteiger charge is -2.49. The smallest absolute Gasteiger partial charge is 0.240 e. The van der Waals surface area contributed by atoms with Crippen LogP contribution in [0.15, 0.2) is 119 Å². The van der Waals surface area contributed by atoms with Gasteiger partial charge in [-0.05, 0) is 55.6 Å². The van der Waals surface area contributed by atoms with Crippen LogP contribution in [0.25, 0.3) is 61.1 Å². The van der Waals surface area contributed by atoms with Gasteiger partial charge in [0.25, 0.3) is 0 Å². The van der Waals surface area contributed by atoms with Crippen LogP contribution in [0.5, 0.6) is 0 Å². The molecule has 2 aliphatic rings. The van der Waals surface area contributed by atoms with Gasteiger partial charge in [0.05, 0.1) is 38.6 Å². The van der Waals surface area contributed by atoms with E-state index in [0.29, 0.717) is 35.1 Å². The SMILES string of the molecule is [2H]c1c([2H])c([2H])c2c(c1[2H])N(c1nc(-c3cccc4c3oc3ccccc34)nc(-n3c4c([2H])c([2H])c([2H])c([2H])c4c4c([2H])c([2H])c([2H])c([2H])c43)n1)C1(C)CCCCC21C. The molecule has 0 spiro atoms. The van der Waals surface area contributed by atoms with Crippen molar-refractivity contribution in [2.45, 2.75) is 50.5 Å². The fourth-order valence-corrected chi connectivity index (χ4v) is 7.90. The number of nitrogens with zero attached hydrogens (tertiary/aromatic N) is 5. The zero-order valence-corrected chi connectivity index (χ0v) is 25.5. The lowest BCUT2D eigenvalue weighted by Crippen LogP contribution is -2.55. The Balaban J connectivity index is 1.40. The van der Waals surface area contributed by atoms with E-state index in [9.17, 15) is 2.74 Å². The molecule has 228 valence electrons. The first-order valence-corrected chi connectivity index (χ1v) is 15.6. The van der Waals surface area contributed by atoms with E-state index in [2.05, 4.69) is 0 Å². The summed E-state index contributed by atoms with van der Waals surface area (Å²) in [5, 5.41) is 1.30. The standard InChI is InChI=1S/C41H33N5O/c1-40-24-11-12-25-41(40,2)46(34-22-9-6-19-31(34)40)39-43-37(30-18-13-17-29-28-16-5-10-23-35(28)47-36(29)30)42-38(44-39)45-32-20-7-3-14-26(32)27-15-4-8-21-33(27)45/h3-10,13-23H,11-12,24-25H2,1-2H3/i3D,4D,6D,7D,8D,9D,14D,15D,19D,20D,21D,22D. The second-order valence-corrected chi connectivity index (χ2v) is 12.7. The Bertz CT molecular complexity index is 3140. The van der Waals surface area contributed by atoms with Crippen LogP contribution in [0, 0.1) is 0 Å². The molecular formula is C41H33N5O. The van der Waals surface area contributed by atoms with Gasteiger partial charge in [-0.3, -0.25) is 4.57 Å². The molecule has 5 aromatic carbocycles. The Kier molecular flexibility index (Phi) is 3.53. The van der Waals surface area contributed by atoms with Gasteiger partial charge in [0, 0.05) is 32.6 Å². The Hall–Kier alpha value is -5.49. The highest BCUT2D eigenvalue weighted by Crippen LogP contribution is 2.60. The van der Waals surface area contributed by atoms with Gasteiger partial charge in [0.1, 0.15) is 11.2 Å². The van der Waals surface area contributed by atoms with E-state index in [1.165, 1.54) is 4.57 Å². The van der Waals surface area contributed by atoms with E-state index in [1.54, 1.807) is 11.0 Å². The van der Waals surface area contributed by atoms with Crippen LogP contribution in [0.4, 0.5) is 11.6 Å². The maximum Gasteiger partial charge on any atom is 0.240 e.